The number of H-pyrrole nitrogens is 1. The molecule has 5 heteroatoms. The van der Waals surface area contributed by atoms with Crippen LogP contribution in [0.3, 0.4) is 0 Å². The normalized spacial score (nSPS) is 12.8. The number of aryl methyl sites for hydroxylation is 1. The van der Waals surface area contributed by atoms with Crippen LogP contribution >= 0.6 is 11.8 Å². The van der Waals surface area contributed by atoms with Crippen LogP contribution in [0.15, 0.2) is 46.7 Å². The molecule has 102 valence electrons. The molecule has 0 aliphatic heterocycles. The van der Waals surface area contributed by atoms with Gasteiger partial charge in [0.05, 0.1) is 17.1 Å². The Hall–Kier alpha value is -1.85. The zero-order valence-corrected chi connectivity index (χ0v) is 12.1. The van der Waals surface area contributed by atoms with E-state index in [0.29, 0.717) is 0 Å². The Morgan fingerprint density at radius 3 is 2.90 bits per heavy atom. The minimum Gasteiger partial charge on any atom is -0.389 e. The van der Waals surface area contributed by atoms with E-state index in [4.69, 9.17) is 0 Å². The number of hydrogen-bond acceptors (Lipinski definition) is 4. The van der Waals surface area contributed by atoms with E-state index in [-0.39, 0.29) is 0 Å². The summed E-state index contributed by atoms with van der Waals surface area (Å²) in [5.41, 5.74) is 4.03. The number of aromatic amines is 1. The summed E-state index contributed by atoms with van der Waals surface area (Å²) < 4.78 is 0. The minimum atomic E-state index is -0.490. The van der Waals surface area contributed by atoms with Crippen LogP contribution in [-0.2, 0) is 0 Å². The van der Waals surface area contributed by atoms with Crippen LogP contribution in [0, 0.1) is 6.92 Å². The summed E-state index contributed by atoms with van der Waals surface area (Å²) in [5.74, 6) is 0. The molecule has 0 bridgehead atoms. The zero-order valence-electron chi connectivity index (χ0n) is 11.3. The number of benzene rings is 1. The third kappa shape index (κ3) is 2.69. The first kappa shape index (κ1) is 13.1. The van der Waals surface area contributed by atoms with Gasteiger partial charge in [0.25, 0.3) is 0 Å². The zero-order chi connectivity index (χ0) is 14.1. The number of pyridine rings is 1. The molecule has 3 aromatic rings. The van der Waals surface area contributed by atoms with E-state index in [1.807, 2.05) is 24.3 Å². The van der Waals surface area contributed by atoms with Crippen molar-refractivity contribution in [3.8, 4) is 0 Å². The molecular formula is C15H15N3OS. The van der Waals surface area contributed by atoms with Crippen LogP contribution in [0.4, 0.5) is 0 Å². The number of rotatable bonds is 3. The highest BCUT2D eigenvalue weighted by atomic mass is 32.2. The molecule has 1 atom stereocenters. The van der Waals surface area contributed by atoms with E-state index in [1.165, 1.54) is 17.3 Å². The molecule has 20 heavy (non-hydrogen) atoms. The molecule has 0 radical (unpaired) electrons. The predicted octanol–water partition coefficient (Wildman–Crippen LogP) is 3.47. The molecule has 0 aliphatic rings. The Labute approximate surface area is 121 Å². The molecule has 3 rings (SSSR count). The molecule has 0 saturated heterocycles. The van der Waals surface area contributed by atoms with Gasteiger partial charge in [-0.3, -0.25) is 0 Å². The first-order valence-corrected chi connectivity index (χ1v) is 7.22. The molecular weight excluding hydrogens is 270 g/mol. The van der Waals surface area contributed by atoms with Crippen LogP contribution in [0.2, 0.25) is 0 Å². The van der Waals surface area contributed by atoms with Crippen molar-refractivity contribution < 1.29 is 5.11 Å². The molecule has 0 fully saturated rings. The number of fused-ring (bicyclic) bond motifs is 1. The van der Waals surface area contributed by atoms with Gasteiger partial charge < -0.3 is 10.1 Å². The van der Waals surface area contributed by atoms with E-state index in [1.54, 1.807) is 13.1 Å². The SMILES string of the molecule is Cc1ccc2nc(Sc3cc(C(C)O)ccn3)[nH]c2c1. The summed E-state index contributed by atoms with van der Waals surface area (Å²) >= 11 is 1.46. The number of aliphatic hydroxyl groups is 1. The fraction of sp³-hybridized carbons (Fsp3) is 0.200. The van der Waals surface area contributed by atoms with E-state index in [0.717, 1.165) is 26.8 Å². The van der Waals surface area contributed by atoms with Gasteiger partial charge in [0, 0.05) is 6.20 Å². The van der Waals surface area contributed by atoms with Crippen LogP contribution in [0.25, 0.3) is 11.0 Å². The van der Waals surface area contributed by atoms with Gasteiger partial charge in [-0.2, -0.15) is 0 Å². The van der Waals surface area contributed by atoms with Gasteiger partial charge in [-0.15, -0.1) is 0 Å². The summed E-state index contributed by atoms with van der Waals surface area (Å²) in [6, 6.07) is 9.82. The molecule has 2 aromatic heterocycles. The van der Waals surface area contributed by atoms with Crippen LogP contribution in [-0.4, -0.2) is 20.1 Å². The molecule has 0 amide bonds. The van der Waals surface area contributed by atoms with E-state index in [9.17, 15) is 5.11 Å². The molecule has 2 N–H and O–H groups in total. The number of aromatic nitrogens is 3. The number of imidazole rings is 1. The number of hydrogen-bond donors (Lipinski definition) is 2. The maximum atomic E-state index is 9.60. The molecule has 1 unspecified atom stereocenters. The highest BCUT2D eigenvalue weighted by Gasteiger charge is 2.08. The molecule has 0 aliphatic carbocycles. The van der Waals surface area contributed by atoms with E-state index >= 15 is 0 Å². The molecule has 0 saturated carbocycles. The van der Waals surface area contributed by atoms with Gasteiger partial charge in [-0.1, -0.05) is 6.07 Å². The van der Waals surface area contributed by atoms with Crippen molar-refractivity contribution in [3.63, 3.8) is 0 Å². The van der Waals surface area contributed by atoms with Crippen molar-refractivity contribution in [2.75, 3.05) is 0 Å². The van der Waals surface area contributed by atoms with Crippen molar-refractivity contribution in [2.45, 2.75) is 30.1 Å². The second-order valence-corrected chi connectivity index (χ2v) is 5.78. The smallest absolute Gasteiger partial charge is 0.172 e. The molecule has 1 aromatic carbocycles. The Balaban J connectivity index is 1.90. The maximum absolute atomic E-state index is 9.60. The largest absolute Gasteiger partial charge is 0.389 e. The van der Waals surface area contributed by atoms with Crippen molar-refractivity contribution in [2.24, 2.45) is 0 Å². The summed E-state index contributed by atoms with van der Waals surface area (Å²) in [4.78, 5) is 12.1. The minimum absolute atomic E-state index is 0.490. The average Bonchev–Trinajstić information content (AvgIpc) is 2.80. The lowest BCUT2D eigenvalue weighted by atomic mass is 10.2. The fourth-order valence-corrected chi connectivity index (χ4v) is 2.80. The monoisotopic (exact) mass is 285 g/mol. The Bertz CT molecular complexity index is 752. The van der Waals surface area contributed by atoms with Crippen LogP contribution < -0.4 is 0 Å². The lowest BCUT2D eigenvalue weighted by molar-refractivity contribution is 0.199. The van der Waals surface area contributed by atoms with Crippen LogP contribution in [0.1, 0.15) is 24.2 Å². The number of nitrogens with zero attached hydrogens (tertiary/aromatic N) is 2. The van der Waals surface area contributed by atoms with Crippen molar-refractivity contribution in [1.82, 2.24) is 15.0 Å². The fourth-order valence-electron chi connectivity index (χ4n) is 1.99. The highest BCUT2D eigenvalue weighted by molar-refractivity contribution is 7.99. The van der Waals surface area contributed by atoms with Gasteiger partial charge in [0.15, 0.2) is 5.16 Å². The van der Waals surface area contributed by atoms with Crippen molar-refractivity contribution in [3.05, 3.63) is 47.7 Å². The Kier molecular flexibility index (Phi) is 3.46. The lowest BCUT2D eigenvalue weighted by Gasteiger charge is -2.05. The second-order valence-electron chi connectivity index (χ2n) is 4.77. The van der Waals surface area contributed by atoms with E-state index in [2.05, 4.69) is 27.9 Å². The Morgan fingerprint density at radius 1 is 1.25 bits per heavy atom. The van der Waals surface area contributed by atoms with Crippen molar-refractivity contribution in [1.29, 1.82) is 0 Å². The highest BCUT2D eigenvalue weighted by Crippen LogP contribution is 2.27. The molecule has 0 spiro atoms. The van der Waals surface area contributed by atoms with Crippen LogP contribution in [0.5, 0.6) is 0 Å². The summed E-state index contributed by atoms with van der Waals surface area (Å²) in [6.07, 6.45) is 1.22. The van der Waals surface area contributed by atoms with Gasteiger partial charge in [-0.25, -0.2) is 9.97 Å². The maximum Gasteiger partial charge on any atom is 0.172 e. The first-order chi connectivity index (χ1) is 9.61. The van der Waals surface area contributed by atoms with E-state index < -0.39 is 6.10 Å². The number of aliphatic hydroxyl groups excluding tert-OH is 1. The van der Waals surface area contributed by atoms with Crippen molar-refractivity contribution >= 4 is 22.8 Å². The van der Waals surface area contributed by atoms with Gasteiger partial charge in [0.1, 0.15) is 5.03 Å². The standard InChI is InChI=1S/C15H15N3OS/c1-9-3-4-12-13(7-9)18-15(17-12)20-14-8-11(10(2)19)5-6-16-14/h3-8,10,19H,1-2H3,(H,17,18). The summed E-state index contributed by atoms with van der Waals surface area (Å²) in [5, 5.41) is 11.2. The molecule has 4 nitrogen and oxygen atoms in total. The first-order valence-electron chi connectivity index (χ1n) is 6.40. The van der Waals surface area contributed by atoms with Gasteiger partial charge in [-0.05, 0) is 61.0 Å². The Morgan fingerprint density at radius 2 is 2.10 bits per heavy atom. The van der Waals surface area contributed by atoms with Gasteiger partial charge >= 0.3 is 0 Å². The summed E-state index contributed by atoms with van der Waals surface area (Å²) in [7, 11) is 0. The quantitative estimate of drug-likeness (QED) is 0.773. The summed E-state index contributed by atoms with van der Waals surface area (Å²) in [6.45, 7) is 3.80. The predicted molar refractivity (Wildman–Crippen MR) is 79.8 cm³/mol. The topological polar surface area (TPSA) is 61.8 Å². The lowest BCUT2D eigenvalue weighted by Crippen LogP contribution is -1.92. The molecule has 2 heterocycles. The average molecular weight is 285 g/mol. The second kappa shape index (κ2) is 5.26. The van der Waals surface area contributed by atoms with Gasteiger partial charge in [0.2, 0.25) is 0 Å². The third-order valence-electron chi connectivity index (χ3n) is 3.06. The number of nitrogens with one attached hydrogen (secondary N) is 1. The third-order valence-corrected chi connectivity index (χ3v) is 3.88.